The largest absolute Gasteiger partial charge is 0.469 e. The molecule has 0 bridgehead atoms. The molecule has 2 aromatic carbocycles. The SMILES string of the molecule is C[C@H](C(CCOP(=O)(O)O)SCOC(=O)Nc1cc2ccccc2cn1)N(C)C(=O)NCc1cccc(F)c1F. The lowest BCUT2D eigenvalue weighted by Gasteiger charge is -2.31. The van der Waals surface area contributed by atoms with Gasteiger partial charge in [0.2, 0.25) is 0 Å². The number of pyridine rings is 1. The maximum Gasteiger partial charge on any atom is 0.469 e. The van der Waals surface area contributed by atoms with Crippen molar-refractivity contribution in [3.63, 3.8) is 0 Å². The van der Waals surface area contributed by atoms with Crippen molar-refractivity contribution in [1.82, 2.24) is 15.2 Å². The van der Waals surface area contributed by atoms with Gasteiger partial charge in [-0.25, -0.2) is 27.9 Å². The number of carbonyl (C=O) groups excluding carboxylic acids is 2. The molecule has 0 fully saturated rings. The van der Waals surface area contributed by atoms with E-state index < -0.39 is 42.9 Å². The number of ether oxygens (including phenoxy) is 1. The van der Waals surface area contributed by atoms with Gasteiger partial charge in [-0.1, -0.05) is 36.4 Å². The predicted molar refractivity (Wildman–Crippen MR) is 147 cm³/mol. The summed E-state index contributed by atoms with van der Waals surface area (Å²) < 4.78 is 48.3. The van der Waals surface area contributed by atoms with Crippen LogP contribution in [-0.2, 0) is 20.4 Å². The fourth-order valence-electron chi connectivity index (χ4n) is 3.63. The molecule has 4 N–H and O–H groups in total. The van der Waals surface area contributed by atoms with E-state index in [1.165, 1.54) is 24.1 Å². The van der Waals surface area contributed by atoms with Crippen molar-refractivity contribution in [3.8, 4) is 0 Å². The number of nitrogens with one attached hydrogen (secondary N) is 2. The van der Waals surface area contributed by atoms with Gasteiger partial charge in [0.15, 0.2) is 11.6 Å². The number of phosphoric acid groups is 1. The van der Waals surface area contributed by atoms with E-state index in [4.69, 9.17) is 14.5 Å². The third-order valence-corrected chi connectivity index (χ3v) is 7.76. The minimum atomic E-state index is -4.72. The number of benzene rings is 2. The molecule has 2 atom stereocenters. The summed E-state index contributed by atoms with van der Waals surface area (Å²) in [5.41, 5.74) is -0.0318. The highest BCUT2D eigenvalue weighted by molar-refractivity contribution is 7.99. The molecular formula is C25H29F2N4O7PS. The average molecular weight is 599 g/mol. The standard InChI is InChI=1S/C25H29F2N4O7PS/c1-16(31(2)24(32)29-14-19-8-5-9-20(26)23(19)27)21(10-11-38-39(34,35)36)40-15-37-25(33)30-22-12-17-6-3-4-7-18(17)13-28-22/h3-9,12-13,16,21H,10-11,14-15H2,1-2H3,(H,29,32)(H,28,30,33)(H2,34,35,36)/t16-,21?/m1/s1. The summed E-state index contributed by atoms with van der Waals surface area (Å²) >= 11 is 1.12. The van der Waals surface area contributed by atoms with Crippen LogP contribution in [0.2, 0.25) is 0 Å². The Labute approximate surface area is 233 Å². The quantitative estimate of drug-likeness (QED) is 0.169. The molecule has 0 spiro atoms. The van der Waals surface area contributed by atoms with Crippen molar-refractivity contribution >= 4 is 48.3 Å². The minimum Gasteiger partial charge on any atom is -0.438 e. The number of urea groups is 1. The van der Waals surface area contributed by atoms with E-state index in [0.29, 0.717) is 5.82 Å². The lowest BCUT2D eigenvalue weighted by Crippen LogP contribution is -2.46. The second-order valence-corrected chi connectivity index (χ2v) is 11.0. The Morgan fingerprint density at radius 2 is 1.88 bits per heavy atom. The average Bonchev–Trinajstić information content (AvgIpc) is 2.91. The first-order chi connectivity index (χ1) is 18.9. The minimum absolute atomic E-state index is 0.0318. The number of thioether (sulfide) groups is 1. The summed E-state index contributed by atoms with van der Waals surface area (Å²) in [5.74, 6) is -1.96. The second-order valence-electron chi connectivity index (χ2n) is 8.63. The summed E-state index contributed by atoms with van der Waals surface area (Å²) in [6.07, 6.45) is 0.933. The van der Waals surface area contributed by atoms with Crippen LogP contribution in [0, 0.1) is 11.6 Å². The summed E-state index contributed by atoms with van der Waals surface area (Å²) in [6.45, 7) is 1.09. The van der Waals surface area contributed by atoms with Gasteiger partial charge in [-0.05, 0) is 30.9 Å². The maximum absolute atomic E-state index is 13.9. The normalized spacial score (nSPS) is 12.9. The predicted octanol–water partition coefficient (Wildman–Crippen LogP) is 4.85. The fraction of sp³-hybridized carbons (Fsp3) is 0.320. The molecule has 0 saturated carbocycles. The molecule has 11 nitrogen and oxygen atoms in total. The van der Waals surface area contributed by atoms with Crippen LogP contribution in [-0.4, -0.2) is 62.7 Å². The Hall–Kier alpha value is -3.29. The molecule has 0 radical (unpaired) electrons. The smallest absolute Gasteiger partial charge is 0.438 e. The third-order valence-electron chi connectivity index (χ3n) is 5.93. The van der Waals surface area contributed by atoms with E-state index in [-0.39, 0.29) is 31.1 Å². The van der Waals surface area contributed by atoms with Crippen molar-refractivity contribution < 1.29 is 42.0 Å². The zero-order valence-electron chi connectivity index (χ0n) is 21.6. The monoisotopic (exact) mass is 598 g/mol. The Balaban J connectivity index is 1.56. The van der Waals surface area contributed by atoms with Crippen LogP contribution in [0.4, 0.5) is 24.2 Å². The highest BCUT2D eigenvalue weighted by atomic mass is 32.2. The number of aromatic nitrogens is 1. The molecule has 0 saturated heterocycles. The van der Waals surface area contributed by atoms with Crippen LogP contribution in [0.5, 0.6) is 0 Å². The first-order valence-electron chi connectivity index (χ1n) is 12.0. The lowest BCUT2D eigenvalue weighted by molar-refractivity contribution is 0.174. The first kappa shape index (κ1) is 31.2. The van der Waals surface area contributed by atoms with Crippen molar-refractivity contribution in [2.75, 3.05) is 24.9 Å². The van der Waals surface area contributed by atoms with Gasteiger partial charge in [-0.2, -0.15) is 0 Å². The van der Waals surface area contributed by atoms with Gasteiger partial charge < -0.3 is 24.7 Å². The summed E-state index contributed by atoms with van der Waals surface area (Å²) in [7, 11) is -3.25. The van der Waals surface area contributed by atoms with Gasteiger partial charge in [0, 0.05) is 42.0 Å². The lowest BCUT2D eigenvalue weighted by atomic mass is 10.1. The molecule has 216 valence electrons. The highest BCUT2D eigenvalue weighted by Gasteiger charge is 2.27. The molecule has 3 rings (SSSR count). The molecule has 0 aliphatic heterocycles. The van der Waals surface area contributed by atoms with Crippen LogP contribution < -0.4 is 10.6 Å². The maximum atomic E-state index is 13.9. The van der Waals surface area contributed by atoms with Gasteiger partial charge in [-0.15, -0.1) is 11.8 Å². The van der Waals surface area contributed by atoms with E-state index in [1.54, 1.807) is 19.2 Å². The first-order valence-corrected chi connectivity index (χ1v) is 14.6. The van der Waals surface area contributed by atoms with E-state index in [9.17, 15) is 22.9 Å². The highest BCUT2D eigenvalue weighted by Crippen LogP contribution is 2.36. The number of amides is 3. The Morgan fingerprint density at radius 3 is 2.60 bits per heavy atom. The molecule has 3 aromatic rings. The van der Waals surface area contributed by atoms with Crippen LogP contribution >= 0.6 is 19.6 Å². The molecule has 0 aliphatic carbocycles. The van der Waals surface area contributed by atoms with Crippen molar-refractivity contribution in [2.45, 2.75) is 31.2 Å². The van der Waals surface area contributed by atoms with Gasteiger partial charge >= 0.3 is 19.9 Å². The Kier molecular flexibility index (Phi) is 11.2. The van der Waals surface area contributed by atoms with E-state index in [1.807, 2.05) is 24.3 Å². The van der Waals surface area contributed by atoms with E-state index >= 15 is 0 Å². The fourth-order valence-corrected chi connectivity index (χ4v) is 5.05. The van der Waals surface area contributed by atoms with E-state index in [0.717, 1.165) is 28.6 Å². The van der Waals surface area contributed by atoms with Gasteiger partial charge in [0.25, 0.3) is 0 Å². The number of hydrogen-bond donors (Lipinski definition) is 4. The van der Waals surface area contributed by atoms with Crippen molar-refractivity contribution in [1.29, 1.82) is 0 Å². The number of anilines is 1. The number of hydrogen-bond acceptors (Lipinski definition) is 7. The van der Waals surface area contributed by atoms with Crippen LogP contribution in [0.25, 0.3) is 10.8 Å². The summed E-state index contributed by atoms with van der Waals surface area (Å²) in [5, 5.41) is 6.33. The summed E-state index contributed by atoms with van der Waals surface area (Å²) in [6, 6.07) is 11.7. The topological polar surface area (TPSA) is 150 Å². The number of carbonyl (C=O) groups is 2. The molecule has 1 unspecified atom stereocenters. The molecule has 1 heterocycles. The summed E-state index contributed by atoms with van der Waals surface area (Å²) in [4.78, 5) is 48.5. The number of phosphoric ester groups is 1. The zero-order chi connectivity index (χ0) is 29.3. The molecule has 1 aromatic heterocycles. The Bertz CT molecular complexity index is 1380. The van der Waals surface area contributed by atoms with Crippen molar-refractivity contribution in [2.24, 2.45) is 0 Å². The number of halogens is 2. The molecule has 0 aliphatic rings. The van der Waals surface area contributed by atoms with E-state index in [2.05, 4.69) is 20.1 Å². The van der Waals surface area contributed by atoms with Crippen LogP contribution in [0.15, 0.2) is 54.7 Å². The van der Waals surface area contributed by atoms with Crippen LogP contribution in [0.1, 0.15) is 18.9 Å². The van der Waals surface area contributed by atoms with Crippen LogP contribution in [0.3, 0.4) is 0 Å². The van der Waals surface area contributed by atoms with Gasteiger partial charge in [0.05, 0.1) is 6.61 Å². The van der Waals surface area contributed by atoms with Crippen molar-refractivity contribution in [3.05, 3.63) is 71.9 Å². The molecular weight excluding hydrogens is 569 g/mol. The molecule has 40 heavy (non-hydrogen) atoms. The molecule has 15 heteroatoms. The van der Waals surface area contributed by atoms with Gasteiger partial charge in [0.1, 0.15) is 11.8 Å². The third kappa shape index (κ3) is 9.42. The molecule has 3 amide bonds. The zero-order valence-corrected chi connectivity index (χ0v) is 23.3. The van der Waals surface area contributed by atoms with Gasteiger partial charge in [-0.3, -0.25) is 9.84 Å². The number of nitrogens with zero attached hydrogens (tertiary/aromatic N) is 2. The number of fused-ring (bicyclic) bond motifs is 1. The Morgan fingerprint density at radius 1 is 1.15 bits per heavy atom. The number of rotatable bonds is 12. The second kappa shape index (κ2) is 14.4.